The van der Waals surface area contributed by atoms with Gasteiger partial charge >= 0.3 is 0 Å². The van der Waals surface area contributed by atoms with Crippen molar-refractivity contribution in [1.29, 1.82) is 0 Å². The molecular formula is C22H29FN4O4. The zero-order chi connectivity index (χ0) is 22.0. The summed E-state index contributed by atoms with van der Waals surface area (Å²) in [6.07, 6.45) is 6.34. The summed E-state index contributed by atoms with van der Waals surface area (Å²) in [5.41, 5.74) is 6.00. The molecule has 3 N–H and O–H groups in total. The maximum atomic E-state index is 14.7. The first-order valence-corrected chi connectivity index (χ1v) is 11.0. The summed E-state index contributed by atoms with van der Waals surface area (Å²) in [7, 11) is 0. The van der Waals surface area contributed by atoms with Gasteiger partial charge in [-0.05, 0) is 49.8 Å². The van der Waals surface area contributed by atoms with Gasteiger partial charge in [0, 0.05) is 24.8 Å². The van der Waals surface area contributed by atoms with Crippen molar-refractivity contribution in [2.75, 3.05) is 36.5 Å². The summed E-state index contributed by atoms with van der Waals surface area (Å²) in [6, 6.07) is 3.22. The first-order valence-electron chi connectivity index (χ1n) is 11.0. The van der Waals surface area contributed by atoms with Crippen LogP contribution in [-0.4, -0.2) is 61.0 Å². The Morgan fingerprint density at radius 3 is 2.55 bits per heavy atom. The third-order valence-corrected chi connectivity index (χ3v) is 6.58. The molecule has 0 spiro atoms. The predicted molar refractivity (Wildman–Crippen MR) is 113 cm³/mol. The van der Waals surface area contributed by atoms with Crippen LogP contribution < -0.4 is 16.0 Å². The molecule has 1 atom stereocenters. The number of amides is 3. The van der Waals surface area contributed by atoms with E-state index in [2.05, 4.69) is 5.32 Å². The molecule has 3 amide bonds. The van der Waals surface area contributed by atoms with Gasteiger partial charge in [0.1, 0.15) is 12.4 Å². The van der Waals surface area contributed by atoms with Gasteiger partial charge in [0.05, 0.1) is 12.3 Å². The number of carbonyl (C=O) groups excluding carboxylic acids is 3. The van der Waals surface area contributed by atoms with Crippen LogP contribution in [-0.2, 0) is 19.1 Å². The summed E-state index contributed by atoms with van der Waals surface area (Å²) in [5.74, 6) is -1.71. The van der Waals surface area contributed by atoms with Crippen molar-refractivity contribution in [3.8, 4) is 0 Å². The number of halogens is 1. The predicted octanol–water partition coefficient (Wildman–Crippen LogP) is 1.64. The van der Waals surface area contributed by atoms with Crippen molar-refractivity contribution >= 4 is 29.1 Å². The molecule has 3 aliphatic rings. The summed E-state index contributed by atoms with van der Waals surface area (Å²) in [5, 5.41) is 2.65. The molecule has 1 heterocycles. The Kier molecular flexibility index (Phi) is 6.52. The molecule has 3 fully saturated rings. The normalized spacial score (nSPS) is 20.8. The van der Waals surface area contributed by atoms with Gasteiger partial charge in [0.25, 0.3) is 11.8 Å². The molecule has 9 heteroatoms. The first-order chi connectivity index (χ1) is 14.9. The Labute approximate surface area is 180 Å². The summed E-state index contributed by atoms with van der Waals surface area (Å²) >= 11 is 0. The van der Waals surface area contributed by atoms with Gasteiger partial charge in [-0.3, -0.25) is 19.3 Å². The SMILES string of the molecule is NC(=O)[C@@H](C(=O)Nc1ccc(N2CCOCC2=O)c(F)c1)N(CC1CCC1)C1CCC1. The van der Waals surface area contributed by atoms with Crippen LogP contribution in [0, 0.1) is 11.7 Å². The Balaban J connectivity index is 1.48. The van der Waals surface area contributed by atoms with Gasteiger partial charge < -0.3 is 20.7 Å². The molecule has 168 valence electrons. The number of hydrogen-bond donors (Lipinski definition) is 2. The quantitative estimate of drug-likeness (QED) is 0.608. The Bertz CT molecular complexity index is 856. The third kappa shape index (κ3) is 4.72. The van der Waals surface area contributed by atoms with E-state index in [-0.39, 0.29) is 36.5 Å². The lowest BCUT2D eigenvalue weighted by molar-refractivity contribution is -0.135. The maximum Gasteiger partial charge on any atom is 0.253 e. The fourth-order valence-electron chi connectivity index (χ4n) is 4.39. The van der Waals surface area contributed by atoms with E-state index in [0.29, 0.717) is 19.1 Å². The van der Waals surface area contributed by atoms with Crippen molar-refractivity contribution in [1.82, 2.24) is 4.90 Å². The molecule has 31 heavy (non-hydrogen) atoms. The number of primary amides is 1. The number of nitrogens with one attached hydrogen (secondary N) is 1. The Morgan fingerprint density at radius 2 is 2.00 bits per heavy atom. The molecule has 1 aliphatic heterocycles. The molecule has 0 radical (unpaired) electrons. The standard InChI is InChI=1S/C22H29FN4O4/c23-17-11-15(7-8-18(17)26-9-10-31-13-19(26)28)25-22(30)20(21(24)29)27(16-5-2-6-16)12-14-3-1-4-14/h7-8,11,14,16,20H,1-6,9-10,12-13H2,(H2,24,29)(H,25,30)/t20-/m0/s1. The van der Waals surface area contributed by atoms with Crippen LogP contribution >= 0.6 is 0 Å². The zero-order valence-corrected chi connectivity index (χ0v) is 17.5. The number of nitrogens with two attached hydrogens (primary N) is 1. The van der Waals surface area contributed by atoms with E-state index in [4.69, 9.17) is 10.5 Å². The minimum absolute atomic E-state index is 0.0871. The molecule has 1 aromatic carbocycles. The van der Waals surface area contributed by atoms with Crippen LogP contribution in [0.15, 0.2) is 18.2 Å². The largest absolute Gasteiger partial charge is 0.370 e. The highest BCUT2D eigenvalue weighted by molar-refractivity contribution is 6.09. The summed E-state index contributed by atoms with van der Waals surface area (Å²) in [4.78, 5) is 40.5. The second-order valence-electron chi connectivity index (χ2n) is 8.64. The molecule has 8 nitrogen and oxygen atoms in total. The van der Waals surface area contributed by atoms with Gasteiger partial charge in [0.2, 0.25) is 5.91 Å². The molecule has 2 saturated carbocycles. The lowest BCUT2D eigenvalue weighted by Crippen LogP contribution is -2.58. The number of carbonyl (C=O) groups is 3. The number of ether oxygens (including phenoxy) is 1. The minimum Gasteiger partial charge on any atom is -0.370 e. The van der Waals surface area contributed by atoms with Crippen molar-refractivity contribution in [2.24, 2.45) is 11.7 Å². The molecule has 0 aromatic heterocycles. The highest BCUT2D eigenvalue weighted by Gasteiger charge is 2.40. The van der Waals surface area contributed by atoms with E-state index in [9.17, 15) is 18.8 Å². The minimum atomic E-state index is -1.09. The van der Waals surface area contributed by atoms with Gasteiger partial charge in [-0.1, -0.05) is 12.8 Å². The number of benzene rings is 1. The maximum absolute atomic E-state index is 14.7. The topological polar surface area (TPSA) is 105 Å². The fraction of sp³-hybridized carbons (Fsp3) is 0.591. The van der Waals surface area contributed by atoms with Crippen molar-refractivity contribution in [3.63, 3.8) is 0 Å². The molecule has 0 bridgehead atoms. The van der Waals surface area contributed by atoms with Crippen LogP contribution in [0.5, 0.6) is 0 Å². The highest BCUT2D eigenvalue weighted by atomic mass is 19.1. The Morgan fingerprint density at radius 1 is 1.26 bits per heavy atom. The summed E-state index contributed by atoms with van der Waals surface area (Å²) < 4.78 is 19.8. The van der Waals surface area contributed by atoms with Crippen LogP contribution in [0.2, 0.25) is 0 Å². The van der Waals surface area contributed by atoms with Gasteiger partial charge in [-0.15, -0.1) is 0 Å². The van der Waals surface area contributed by atoms with E-state index in [1.807, 2.05) is 4.90 Å². The van der Waals surface area contributed by atoms with Crippen molar-refractivity contribution in [2.45, 2.75) is 50.6 Å². The fourth-order valence-corrected chi connectivity index (χ4v) is 4.39. The highest BCUT2D eigenvalue weighted by Crippen LogP contribution is 2.33. The average Bonchev–Trinajstić information content (AvgIpc) is 2.64. The second kappa shape index (κ2) is 9.32. The lowest BCUT2D eigenvalue weighted by Gasteiger charge is -2.43. The van der Waals surface area contributed by atoms with Crippen molar-refractivity contribution < 1.29 is 23.5 Å². The van der Waals surface area contributed by atoms with E-state index in [1.165, 1.54) is 23.5 Å². The number of morpholine rings is 1. The second-order valence-corrected chi connectivity index (χ2v) is 8.64. The van der Waals surface area contributed by atoms with E-state index >= 15 is 0 Å². The van der Waals surface area contributed by atoms with Crippen LogP contribution in [0.25, 0.3) is 0 Å². The monoisotopic (exact) mass is 432 g/mol. The third-order valence-electron chi connectivity index (χ3n) is 6.58. The van der Waals surface area contributed by atoms with E-state index in [1.54, 1.807) is 0 Å². The number of nitrogens with zero attached hydrogens (tertiary/aromatic N) is 2. The number of anilines is 2. The van der Waals surface area contributed by atoms with Crippen LogP contribution in [0.3, 0.4) is 0 Å². The lowest BCUT2D eigenvalue weighted by atomic mass is 9.82. The van der Waals surface area contributed by atoms with Gasteiger partial charge in [-0.25, -0.2) is 4.39 Å². The van der Waals surface area contributed by atoms with Crippen LogP contribution in [0.4, 0.5) is 15.8 Å². The molecule has 2 aliphatic carbocycles. The van der Waals surface area contributed by atoms with Crippen molar-refractivity contribution in [3.05, 3.63) is 24.0 Å². The smallest absolute Gasteiger partial charge is 0.253 e. The molecule has 1 saturated heterocycles. The number of hydrogen-bond acceptors (Lipinski definition) is 5. The molecule has 4 rings (SSSR count). The average molecular weight is 432 g/mol. The first kappa shape index (κ1) is 21.7. The Hall–Kier alpha value is -2.52. The van der Waals surface area contributed by atoms with E-state index in [0.717, 1.165) is 38.2 Å². The number of rotatable bonds is 8. The van der Waals surface area contributed by atoms with Gasteiger partial charge in [0.15, 0.2) is 6.04 Å². The van der Waals surface area contributed by atoms with Gasteiger partial charge in [-0.2, -0.15) is 0 Å². The molecule has 1 aromatic rings. The van der Waals surface area contributed by atoms with E-state index < -0.39 is 23.7 Å². The molecular weight excluding hydrogens is 403 g/mol. The van der Waals surface area contributed by atoms with Crippen LogP contribution in [0.1, 0.15) is 38.5 Å². The zero-order valence-electron chi connectivity index (χ0n) is 17.5. The molecule has 0 unspecified atom stereocenters. The summed E-state index contributed by atoms with van der Waals surface area (Å²) in [6.45, 7) is 1.19.